The van der Waals surface area contributed by atoms with Gasteiger partial charge in [-0.1, -0.05) is 11.6 Å². The van der Waals surface area contributed by atoms with Crippen LogP contribution < -0.4 is 10.1 Å². The average molecular weight is 279 g/mol. The molecule has 0 radical (unpaired) electrons. The van der Waals surface area contributed by atoms with Gasteiger partial charge in [0, 0.05) is 11.6 Å². The summed E-state index contributed by atoms with van der Waals surface area (Å²) >= 11 is 9.21. The van der Waals surface area contributed by atoms with Crippen molar-refractivity contribution in [2.24, 2.45) is 0 Å². The van der Waals surface area contributed by atoms with Gasteiger partial charge in [0.05, 0.1) is 4.47 Å². The van der Waals surface area contributed by atoms with Gasteiger partial charge in [0.15, 0.2) is 0 Å². The smallest absolute Gasteiger partial charge is 0.134 e. The van der Waals surface area contributed by atoms with Crippen molar-refractivity contribution < 1.29 is 4.74 Å². The van der Waals surface area contributed by atoms with Crippen molar-refractivity contribution in [3.63, 3.8) is 0 Å². The summed E-state index contributed by atoms with van der Waals surface area (Å²) in [6.07, 6.45) is 0.137. The first-order chi connectivity index (χ1) is 6.63. The van der Waals surface area contributed by atoms with Crippen LogP contribution in [-0.4, -0.2) is 19.7 Å². The van der Waals surface area contributed by atoms with Crippen molar-refractivity contribution in [1.29, 1.82) is 0 Å². The molecule has 1 rings (SSSR count). The molecule has 0 aliphatic heterocycles. The number of benzene rings is 1. The molecule has 0 saturated heterocycles. The Kier molecular flexibility index (Phi) is 4.72. The Hall–Kier alpha value is -0.250. The predicted octanol–water partition coefficient (Wildman–Crippen LogP) is 3.09. The standard InChI is InChI=1S/C10H13BrClNO/c1-7(6-13-2)14-10-4-3-8(12)5-9(10)11/h3-5,7,13H,6H2,1-2H3. The first kappa shape index (κ1) is 11.8. The Balaban J connectivity index is 2.67. The number of ether oxygens (including phenoxy) is 1. The van der Waals surface area contributed by atoms with Gasteiger partial charge in [0.25, 0.3) is 0 Å². The fraction of sp³-hybridized carbons (Fsp3) is 0.400. The molecule has 0 spiro atoms. The van der Waals surface area contributed by atoms with Crippen LogP contribution >= 0.6 is 27.5 Å². The molecule has 0 bridgehead atoms. The van der Waals surface area contributed by atoms with Crippen LogP contribution in [-0.2, 0) is 0 Å². The van der Waals surface area contributed by atoms with Crippen LogP contribution in [0.15, 0.2) is 22.7 Å². The number of rotatable bonds is 4. The Morgan fingerprint density at radius 2 is 2.29 bits per heavy atom. The van der Waals surface area contributed by atoms with Crippen LogP contribution in [0, 0.1) is 0 Å². The first-order valence-corrected chi connectivity index (χ1v) is 5.57. The molecule has 0 saturated carbocycles. The van der Waals surface area contributed by atoms with E-state index in [1.54, 1.807) is 0 Å². The van der Waals surface area contributed by atoms with E-state index in [9.17, 15) is 0 Å². The van der Waals surface area contributed by atoms with Gasteiger partial charge in [-0.05, 0) is 48.1 Å². The Morgan fingerprint density at radius 3 is 2.86 bits per heavy atom. The van der Waals surface area contributed by atoms with Crippen molar-refractivity contribution in [3.8, 4) is 5.75 Å². The lowest BCUT2D eigenvalue weighted by Crippen LogP contribution is -2.26. The van der Waals surface area contributed by atoms with E-state index in [2.05, 4.69) is 21.2 Å². The van der Waals surface area contributed by atoms with E-state index in [0.717, 1.165) is 16.8 Å². The van der Waals surface area contributed by atoms with Crippen LogP contribution in [0.5, 0.6) is 5.75 Å². The molecule has 1 N–H and O–H groups in total. The highest BCUT2D eigenvalue weighted by Crippen LogP contribution is 2.28. The molecular formula is C10H13BrClNO. The van der Waals surface area contributed by atoms with Gasteiger partial charge in [-0.2, -0.15) is 0 Å². The summed E-state index contributed by atoms with van der Waals surface area (Å²) in [6.45, 7) is 2.83. The quantitative estimate of drug-likeness (QED) is 0.914. The van der Waals surface area contributed by atoms with E-state index >= 15 is 0 Å². The lowest BCUT2D eigenvalue weighted by atomic mass is 10.3. The lowest BCUT2D eigenvalue weighted by Gasteiger charge is -2.15. The van der Waals surface area contributed by atoms with E-state index in [-0.39, 0.29) is 6.10 Å². The molecule has 0 aliphatic carbocycles. The minimum Gasteiger partial charge on any atom is -0.488 e. The van der Waals surface area contributed by atoms with Gasteiger partial charge in [0.1, 0.15) is 11.9 Å². The third kappa shape index (κ3) is 3.48. The highest BCUT2D eigenvalue weighted by molar-refractivity contribution is 9.10. The number of hydrogen-bond donors (Lipinski definition) is 1. The third-order valence-corrected chi connectivity index (χ3v) is 2.57. The maximum atomic E-state index is 5.82. The number of nitrogens with one attached hydrogen (secondary N) is 1. The van der Waals surface area contributed by atoms with E-state index in [0.29, 0.717) is 5.02 Å². The molecule has 2 nitrogen and oxygen atoms in total. The number of halogens is 2. The van der Waals surface area contributed by atoms with Crippen LogP contribution in [0.4, 0.5) is 0 Å². The van der Waals surface area contributed by atoms with Crippen LogP contribution in [0.2, 0.25) is 5.02 Å². The van der Waals surface area contributed by atoms with Gasteiger partial charge < -0.3 is 10.1 Å². The van der Waals surface area contributed by atoms with Crippen molar-refractivity contribution in [3.05, 3.63) is 27.7 Å². The molecule has 4 heteroatoms. The summed E-state index contributed by atoms with van der Waals surface area (Å²) in [5, 5.41) is 3.75. The largest absolute Gasteiger partial charge is 0.488 e. The molecule has 1 atom stereocenters. The van der Waals surface area contributed by atoms with Gasteiger partial charge in [0.2, 0.25) is 0 Å². The summed E-state index contributed by atoms with van der Waals surface area (Å²) in [5.74, 6) is 0.817. The highest BCUT2D eigenvalue weighted by Gasteiger charge is 2.06. The van der Waals surface area contributed by atoms with E-state index in [4.69, 9.17) is 16.3 Å². The second-order valence-corrected chi connectivity index (χ2v) is 4.35. The second-order valence-electron chi connectivity index (χ2n) is 3.06. The van der Waals surface area contributed by atoms with E-state index in [1.807, 2.05) is 32.2 Å². The molecule has 1 aromatic carbocycles. The van der Waals surface area contributed by atoms with Crippen LogP contribution in [0.3, 0.4) is 0 Å². The first-order valence-electron chi connectivity index (χ1n) is 4.39. The van der Waals surface area contributed by atoms with Crippen LogP contribution in [0.1, 0.15) is 6.92 Å². The number of hydrogen-bond acceptors (Lipinski definition) is 2. The summed E-state index contributed by atoms with van der Waals surface area (Å²) in [5.41, 5.74) is 0. The SMILES string of the molecule is CNCC(C)Oc1ccc(Cl)cc1Br. The Labute approximate surface area is 97.7 Å². The summed E-state index contributed by atoms with van der Waals surface area (Å²) < 4.78 is 6.55. The van der Waals surface area contributed by atoms with Crippen molar-refractivity contribution in [2.75, 3.05) is 13.6 Å². The highest BCUT2D eigenvalue weighted by atomic mass is 79.9. The Bertz CT molecular complexity index is 306. The normalized spacial score (nSPS) is 12.6. The van der Waals surface area contributed by atoms with Crippen molar-refractivity contribution >= 4 is 27.5 Å². The monoisotopic (exact) mass is 277 g/mol. The Morgan fingerprint density at radius 1 is 1.57 bits per heavy atom. The predicted molar refractivity (Wildman–Crippen MR) is 63.2 cm³/mol. The van der Waals surface area contributed by atoms with Crippen molar-refractivity contribution in [2.45, 2.75) is 13.0 Å². The van der Waals surface area contributed by atoms with Crippen molar-refractivity contribution in [1.82, 2.24) is 5.32 Å². The fourth-order valence-corrected chi connectivity index (χ4v) is 1.89. The van der Waals surface area contributed by atoms with Gasteiger partial charge in [-0.15, -0.1) is 0 Å². The lowest BCUT2D eigenvalue weighted by molar-refractivity contribution is 0.219. The zero-order chi connectivity index (χ0) is 10.6. The topological polar surface area (TPSA) is 21.3 Å². The second kappa shape index (κ2) is 5.59. The molecule has 0 aliphatic rings. The van der Waals surface area contributed by atoms with E-state index < -0.39 is 0 Å². The molecule has 1 unspecified atom stereocenters. The van der Waals surface area contributed by atoms with Gasteiger partial charge in [-0.25, -0.2) is 0 Å². The minimum atomic E-state index is 0.137. The molecule has 14 heavy (non-hydrogen) atoms. The van der Waals surface area contributed by atoms with Gasteiger partial charge >= 0.3 is 0 Å². The zero-order valence-corrected chi connectivity index (χ0v) is 10.5. The summed E-state index contributed by atoms with van der Waals surface area (Å²) in [7, 11) is 1.90. The fourth-order valence-electron chi connectivity index (χ4n) is 1.12. The maximum absolute atomic E-state index is 5.82. The molecule has 1 aromatic rings. The van der Waals surface area contributed by atoms with Crippen LogP contribution in [0.25, 0.3) is 0 Å². The van der Waals surface area contributed by atoms with Gasteiger partial charge in [-0.3, -0.25) is 0 Å². The number of likely N-dealkylation sites (N-methyl/N-ethyl adjacent to an activating group) is 1. The summed E-state index contributed by atoms with van der Waals surface area (Å²) in [4.78, 5) is 0. The molecular weight excluding hydrogens is 265 g/mol. The third-order valence-electron chi connectivity index (χ3n) is 1.71. The molecule has 0 fully saturated rings. The minimum absolute atomic E-state index is 0.137. The zero-order valence-electron chi connectivity index (χ0n) is 8.18. The molecule has 0 heterocycles. The average Bonchev–Trinajstić information content (AvgIpc) is 2.10. The molecule has 78 valence electrons. The summed E-state index contributed by atoms with van der Waals surface area (Å²) in [6, 6.07) is 5.50. The molecule has 0 amide bonds. The maximum Gasteiger partial charge on any atom is 0.134 e. The molecule has 0 aromatic heterocycles. The van der Waals surface area contributed by atoms with E-state index in [1.165, 1.54) is 0 Å².